The first kappa shape index (κ1) is 7.74. The van der Waals surface area contributed by atoms with Crippen molar-refractivity contribution in [1.29, 1.82) is 0 Å². The Morgan fingerprint density at radius 2 is 2.08 bits per heavy atom. The Balaban J connectivity index is 1.99. The maximum atomic E-state index is 5.67. The molecule has 1 heterocycles. The van der Waals surface area contributed by atoms with Crippen LogP contribution in [0.5, 0.6) is 5.75 Å². The van der Waals surface area contributed by atoms with Crippen molar-refractivity contribution in [3.05, 3.63) is 41.8 Å². The molecule has 0 radical (unpaired) electrons. The molecule has 0 fully saturated rings. The molecule has 2 heteroatoms. The zero-order valence-corrected chi connectivity index (χ0v) is 7.46. The quantitative estimate of drug-likeness (QED) is 0.688. The van der Waals surface area contributed by atoms with Gasteiger partial charge in [-0.25, -0.2) is 0 Å². The van der Waals surface area contributed by atoms with E-state index in [2.05, 4.69) is 11.5 Å². The van der Waals surface area contributed by atoms with E-state index in [9.17, 15) is 0 Å². The van der Waals surface area contributed by atoms with Crippen LogP contribution in [-0.2, 0) is 0 Å². The molecule has 0 amide bonds. The minimum absolute atomic E-state index is 0.261. The Kier molecular flexibility index (Phi) is 2.37. The SMILES string of the molecule is C1=CC(Oc2ccccc2)CS1. The highest BCUT2D eigenvalue weighted by Crippen LogP contribution is 2.20. The summed E-state index contributed by atoms with van der Waals surface area (Å²) >= 11 is 1.80. The predicted octanol–water partition coefficient (Wildman–Crippen LogP) is 2.69. The minimum atomic E-state index is 0.261. The molecule has 62 valence electrons. The van der Waals surface area contributed by atoms with Crippen LogP contribution < -0.4 is 4.74 Å². The molecule has 12 heavy (non-hydrogen) atoms. The van der Waals surface area contributed by atoms with Crippen LogP contribution in [0.4, 0.5) is 0 Å². The highest BCUT2D eigenvalue weighted by molar-refractivity contribution is 8.02. The van der Waals surface area contributed by atoms with E-state index in [-0.39, 0.29) is 6.10 Å². The number of benzene rings is 1. The molecule has 1 aliphatic rings. The molecule has 1 aliphatic heterocycles. The van der Waals surface area contributed by atoms with Crippen LogP contribution >= 0.6 is 11.8 Å². The lowest BCUT2D eigenvalue weighted by molar-refractivity contribution is 0.276. The molecular weight excluding hydrogens is 168 g/mol. The second-order valence-electron chi connectivity index (χ2n) is 2.63. The van der Waals surface area contributed by atoms with E-state index >= 15 is 0 Å². The number of para-hydroxylation sites is 1. The molecule has 0 aromatic heterocycles. The van der Waals surface area contributed by atoms with Crippen molar-refractivity contribution in [1.82, 2.24) is 0 Å². The number of hydrogen-bond acceptors (Lipinski definition) is 2. The fourth-order valence-corrected chi connectivity index (χ4v) is 1.86. The van der Waals surface area contributed by atoms with Crippen LogP contribution in [0.3, 0.4) is 0 Å². The predicted molar refractivity (Wildman–Crippen MR) is 52.5 cm³/mol. The summed E-state index contributed by atoms with van der Waals surface area (Å²) in [5.74, 6) is 1.99. The van der Waals surface area contributed by atoms with E-state index in [1.54, 1.807) is 11.8 Å². The van der Waals surface area contributed by atoms with Gasteiger partial charge in [0.15, 0.2) is 0 Å². The lowest BCUT2D eigenvalue weighted by Gasteiger charge is -2.10. The van der Waals surface area contributed by atoms with E-state index < -0.39 is 0 Å². The Hall–Kier alpha value is -0.890. The summed E-state index contributed by atoms with van der Waals surface area (Å²) in [6.07, 6.45) is 2.36. The summed E-state index contributed by atoms with van der Waals surface area (Å²) in [6, 6.07) is 9.93. The second kappa shape index (κ2) is 3.68. The minimum Gasteiger partial charge on any atom is -0.485 e. The van der Waals surface area contributed by atoms with Crippen LogP contribution in [0.15, 0.2) is 41.8 Å². The standard InChI is InChI=1S/C10H10OS/c1-2-4-9(5-3-1)11-10-6-7-12-8-10/h1-7,10H,8H2. The van der Waals surface area contributed by atoms with Gasteiger partial charge in [0.05, 0.1) is 0 Å². The average molecular weight is 178 g/mol. The number of ether oxygens (including phenoxy) is 1. The summed E-state index contributed by atoms with van der Waals surface area (Å²) < 4.78 is 5.67. The molecule has 1 nitrogen and oxygen atoms in total. The fourth-order valence-electron chi connectivity index (χ4n) is 1.10. The summed E-state index contributed by atoms with van der Waals surface area (Å²) in [5, 5.41) is 2.09. The first-order valence-electron chi connectivity index (χ1n) is 3.95. The van der Waals surface area contributed by atoms with Gasteiger partial charge in [-0.15, -0.1) is 11.8 Å². The van der Waals surface area contributed by atoms with Crippen LogP contribution in [0, 0.1) is 0 Å². The average Bonchev–Trinajstić information content (AvgIpc) is 2.59. The monoisotopic (exact) mass is 178 g/mol. The van der Waals surface area contributed by atoms with Crippen LogP contribution in [0.25, 0.3) is 0 Å². The highest BCUT2D eigenvalue weighted by atomic mass is 32.2. The molecule has 0 bridgehead atoms. The van der Waals surface area contributed by atoms with E-state index in [4.69, 9.17) is 4.74 Å². The molecule has 0 saturated heterocycles. The van der Waals surface area contributed by atoms with Crippen LogP contribution in [0.2, 0.25) is 0 Å². The first-order valence-corrected chi connectivity index (χ1v) is 5.00. The van der Waals surface area contributed by atoms with Gasteiger partial charge in [-0.3, -0.25) is 0 Å². The largest absolute Gasteiger partial charge is 0.485 e. The Morgan fingerprint density at radius 1 is 1.25 bits per heavy atom. The third-order valence-electron chi connectivity index (χ3n) is 1.68. The number of rotatable bonds is 2. The number of thioether (sulfide) groups is 1. The van der Waals surface area contributed by atoms with Crippen molar-refractivity contribution in [3.8, 4) is 5.75 Å². The fraction of sp³-hybridized carbons (Fsp3) is 0.200. The van der Waals surface area contributed by atoms with E-state index in [0.717, 1.165) is 11.5 Å². The number of hydrogen-bond donors (Lipinski definition) is 0. The Bertz CT molecular complexity index is 268. The zero-order chi connectivity index (χ0) is 8.23. The van der Waals surface area contributed by atoms with Gasteiger partial charge in [0.25, 0.3) is 0 Å². The van der Waals surface area contributed by atoms with Gasteiger partial charge < -0.3 is 4.74 Å². The molecule has 1 aromatic rings. The van der Waals surface area contributed by atoms with Gasteiger partial charge in [-0.2, -0.15) is 0 Å². The highest BCUT2D eigenvalue weighted by Gasteiger charge is 2.10. The summed E-state index contributed by atoms with van der Waals surface area (Å²) in [5.41, 5.74) is 0. The normalized spacial score (nSPS) is 21.2. The topological polar surface area (TPSA) is 9.23 Å². The lowest BCUT2D eigenvalue weighted by atomic mass is 10.3. The molecular formula is C10H10OS. The molecule has 0 spiro atoms. The Morgan fingerprint density at radius 3 is 2.75 bits per heavy atom. The van der Waals surface area contributed by atoms with Gasteiger partial charge in [-0.1, -0.05) is 18.2 Å². The van der Waals surface area contributed by atoms with Gasteiger partial charge in [0, 0.05) is 5.75 Å². The summed E-state index contributed by atoms with van der Waals surface area (Å²) in [6.45, 7) is 0. The van der Waals surface area contributed by atoms with Gasteiger partial charge in [-0.05, 0) is 23.6 Å². The van der Waals surface area contributed by atoms with Gasteiger partial charge in [0.2, 0.25) is 0 Å². The smallest absolute Gasteiger partial charge is 0.127 e. The van der Waals surface area contributed by atoms with Gasteiger partial charge >= 0.3 is 0 Å². The maximum absolute atomic E-state index is 5.67. The van der Waals surface area contributed by atoms with Crippen molar-refractivity contribution < 1.29 is 4.74 Å². The van der Waals surface area contributed by atoms with Crippen LogP contribution in [-0.4, -0.2) is 11.9 Å². The Labute approximate surface area is 76.4 Å². The molecule has 0 aliphatic carbocycles. The first-order chi connectivity index (χ1) is 5.95. The van der Waals surface area contributed by atoms with E-state index in [1.165, 1.54) is 0 Å². The summed E-state index contributed by atoms with van der Waals surface area (Å²) in [7, 11) is 0. The summed E-state index contributed by atoms with van der Waals surface area (Å²) in [4.78, 5) is 0. The second-order valence-corrected chi connectivity index (χ2v) is 3.57. The van der Waals surface area contributed by atoms with Crippen molar-refractivity contribution in [2.75, 3.05) is 5.75 Å². The van der Waals surface area contributed by atoms with Gasteiger partial charge in [0.1, 0.15) is 11.9 Å². The zero-order valence-electron chi connectivity index (χ0n) is 6.64. The maximum Gasteiger partial charge on any atom is 0.127 e. The van der Waals surface area contributed by atoms with E-state index in [0.29, 0.717) is 0 Å². The third kappa shape index (κ3) is 1.83. The van der Waals surface area contributed by atoms with E-state index in [1.807, 2.05) is 30.3 Å². The molecule has 0 saturated carbocycles. The molecule has 1 atom stereocenters. The van der Waals surface area contributed by atoms with Crippen molar-refractivity contribution in [2.24, 2.45) is 0 Å². The van der Waals surface area contributed by atoms with Crippen molar-refractivity contribution in [3.63, 3.8) is 0 Å². The third-order valence-corrected chi connectivity index (χ3v) is 2.55. The molecule has 2 rings (SSSR count). The van der Waals surface area contributed by atoms with Crippen molar-refractivity contribution in [2.45, 2.75) is 6.10 Å². The lowest BCUT2D eigenvalue weighted by Crippen LogP contribution is -2.12. The molecule has 0 N–H and O–H groups in total. The van der Waals surface area contributed by atoms with Crippen LogP contribution in [0.1, 0.15) is 0 Å². The molecule has 1 aromatic carbocycles. The van der Waals surface area contributed by atoms with Crippen molar-refractivity contribution >= 4 is 11.8 Å². The molecule has 1 unspecified atom stereocenters.